The van der Waals surface area contributed by atoms with E-state index >= 15 is 0 Å². The van der Waals surface area contributed by atoms with Crippen molar-refractivity contribution in [2.24, 2.45) is 25.2 Å². The van der Waals surface area contributed by atoms with Gasteiger partial charge in [0.1, 0.15) is 6.33 Å². The van der Waals surface area contributed by atoms with Crippen LogP contribution in [0.25, 0.3) is 38.8 Å². The van der Waals surface area contributed by atoms with Crippen LogP contribution in [-0.2, 0) is 19.5 Å². The lowest BCUT2D eigenvalue weighted by molar-refractivity contribution is 0.940. The first kappa shape index (κ1) is 152. The van der Waals surface area contributed by atoms with Crippen LogP contribution in [0.2, 0.25) is 0 Å². The number of aliphatic imine (C=N–C) groups is 3. The first-order chi connectivity index (χ1) is 64.3. The standard InChI is InChI=1S/2C9H7N.C9H8.C8H6N2.C8H7N.C7H6N2.C5H5N.C5H6.3C4H4N2.2C4H5N.C2H3N3.14C2H6.6CH4/c1-2-6-9-8(4-1)5-3-7-10-9;1-2-4-9-7-10-6-5-8(9)3-1;1-2-5-9-7-3-6-8(9)4-1;1-2-4-8-7(3-1)9-5-6-10-8;1-2-4-8-6-9-5-7(8)3-1;1-2-4-7-6(3-1)5-8-9-7;1-2-4-6-5-3-1;1-2-4-5-3-1;1-2-6-4-3-5-1;1-2-5-4-6-3-1;1-2-4-6-5-3-1;3*1-2-4-5-3-1;14*1-2;;;;;;/h2*1-7H;1-6H,7H2;1-6H;1-5H,6H2;1-4H,5H2;1-5H;1-4H,5H2;3*1-4H;1,3-4H,2H2;1-3H,4H2;1-2H,(H,3,4,5);14*1-2H3;6*1H4. The van der Waals surface area contributed by atoms with Crippen molar-refractivity contribution in [3.63, 3.8) is 0 Å². The number of para-hydroxylation sites is 3. The predicted octanol–water partition coefficient (Wildman–Crippen LogP) is 35.9. The highest BCUT2D eigenvalue weighted by atomic mass is 15.3. The summed E-state index contributed by atoms with van der Waals surface area (Å²) < 4.78 is 0. The maximum Gasteiger partial charge on any atom is 0.115 e. The van der Waals surface area contributed by atoms with Gasteiger partial charge in [0.15, 0.2) is 0 Å². The lowest BCUT2D eigenvalue weighted by Crippen LogP contribution is -1.79. The zero-order chi connectivity index (χ0) is 97.9. The third-order valence-corrected chi connectivity index (χ3v) is 13.2. The molecular formula is C116H185N19. The molecule has 0 spiro atoms. The third-order valence-electron chi connectivity index (χ3n) is 13.2. The van der Waals surface area contributed by atoms with E-state index in [0.29, 0.717) is 0 Å². The van der Waals surface area contributed by atoms with E-state index in [9.17, 15) is 0 Å². The van der Waals surface area contributed by atoms with Crippen LogP contribution in [0.3, 0.4) is 0 Å². The average Bonchev–Trinajstić information content (AvgIpc) is 1.64. The molecule has 4 aliphatic heterocycles. The van der Waals surface area contributed by atoms with Crippen LogP contribution in [0.5, 0.6) is 0 Å². The number of H-pyrrole nitrogens is 1. The van der Waals surface area contributed by atoms with Gasteiger partial charge in [0.2, 0.25) is 0 Å². The van der Waals surface area contributed by atoms with E-state index in [1.165, 1.54) is 50.3 Å². The van der Waals surface area contributed by atoms with Crippen molar-refractivity contribution < 1.29 is 0 Å². The van der Waals surface area contributed by atoms with Gasteiger partial charge in [-0.05, 0) is 119 Å². The van der Waals surface area contributed by atoms with E-state index in [1.807, 2.05) is 371 Å². The van der Waals surface area contributed by atoms with E-state index in [-0.39, 0.29) is 44.6 Å². The zero-order valence-electron chi connectivity index (χ0n) is 83.7. The second-order valence-electron chi connectivity index (χ2n) is 20.3. The molecule has 744 valence electrons. The number of rotatable bonds is 0. The summed E-state index contributed by atoms with van der Waals surface area (Å²) in [6.07, 6.45) is 59.7. The fourth-order valence-corrected chi connectivity index (χ4v) is 8.37. The summed E-state index contributed by atoms with van der Waals surface area (Å²) in [5.74, 6) is 0. The summed E-state index contributed by atoms with van der Waals surface area (Å²) in [5, 5.41) is 27.8. The van der Waals surface area contributed by atoms with Crippen LogP contribution in [0, 0.1) is 0 Å². The number of benzene rings is 6. The molecule has 12 heterocycles. The van der Waals surface area contributed by atoms with Gasteiger partial charge >= 0.3 is 0 Å². The van der Waals surface area contributed by atoms with Gasteiger partial charge in [-0.3, -0.25) is 49.9 Å². The smallest absolute Gasteiger partial charge is 0.115 e. The Kier molecular flexibility index (Phi) is 156. The molecule has 0 bridgehead atoms. The molecule has 0 saturated heterocycles. The number of aromatic nitrogens is 14. The Morgan fingerprint density at radius 3 is 1.09 bits per heavy atom. The Labute approximate surface area is 825 Å². The number of hydrogen-bond donors (Lipinski definition) is 1. The van der Waals surface area contributed by atoms with Gasteiger partial charge < -0.3 is 0 Å². The van der Waals surface area contributed by atoms with Crippen molar-refractivity contribution in [2.45, 2.75) is 271 Å². The maximum atomic E-state index is 4.18. The van der Waals surface area contributed by atoms with Crippen LogP contribution in [0.4, 0.5) is 5.69 Å². The van der Waals surface area contributed by atoms with E-state index in [1.54, 1.807) is 105 Å². The summed E-state index contributed by atoms with van der Waals surface area (Å²) in [6, 6.07) is 66.0. The van der Waals surface area contributed by atoms with Gasteiger partial charge in [-0.2, -0.15) is 35.8 Å². The molecule has 19 nitrogen and oxygen atoms in total. The summed E-state index contributed by atoms with van der Waals surface area (Å²) in [4.78, 5) is 46.8. The number of azo groups is 1. The molecule has 6 aliphatic rings. The summed E-state index contributed by atoms with van der Waals surface area (Å²) in [6.45, 7) is 58.5. The number of aromatic amines is 1. The van der Waals surface area contributed by atoms with Crippen molar-refractivity contribution in [1.82, 2.24) is 70.5 Å². The third kappa shape index (κ3) is 92.0. The number of fused-ring (bicyclic) bond motifs is 6. The molecule has 14 aromatic rings. The molecule has 1 N–H and O–H groups in total. The molecule has 0 atom stereocenters. The Morgan fingerprint density at radius 2 is 0.726 bits per heavy atom. The number of nitrogens with zero attached hydrogens (tertiary/aromatic N) is 18. The maximum absolute atomic E-state index is 4.18. The minimum Gasteiger partial charge on any atom is -0.289 e. The second-order valence-corrected chi connectivity index (χ2v) is 20.3. The Morgan fingerprint density at radius 1 is 0.281 bits per heavy atom. The minimum absolute atomic E-state index is 0. The van der Waals surface area contributed by atoms with Crippen LogP contribution in [-0.4, -0.2) is 95.7 Å². The van der Waals surface area contributed by atoms with Crippen molar-refractivity contribution in [3.05, 3.63) is 394 Å². The van der Waals surface area contributed by atoms with E-state index in [4.69, 9.17) is 0 Å². The highest BCUT2D eigenvalue weighted by molar-refractivity contribution is 5.84. The predicted molar refractivity (Wildman–Crippen MR) is 608 cm³/mol. The number of hydrogen-bond acceptors (Lipinski definition) is 18. The van der Waals surface area contributed by atoms with Crippen LogP contribution < -0.4 is 0 Å². The summed E-state index contributed by atoms with van der Waals surface area (Å²) in [5.41, 5.74) is 10.7. The molecule has 0 fully saturated rings. The van der Waals surface area contributed by atoms with Crippen molar-refractivity contribution >= 4 is 63.1 Å². The minimum atomic E-state index is 0. The van der Waals surface area contributed by atoms with Gasteiger partial charge in [-0.1, -0.05) is 420 Å². The van der Waals surface area contributed by atoms with Gasteiger partial charge in [0.05, 0.1) is 54.3 Å². The molecule has 0 unspecified atom stereocenters. The number of allylic oxidation sites excluding steroid dienone is 7. The molecule has 20 rings (SSSR count). The van der Waals surface area contributed by atoms with E-state index in [0.717, 1.165) is 61.1 Å². The van der Waals surface area contributed by atoms with Crippen LogP contribution >= 0.6 is 0 Å². The Bertz CT molecular complexity index is 3860. The molecule has 19 heteroatoms. The lowest BCUT2D eigenvalue weighted by atomic mass is 10.1. The summed E-state index contributed by atoms with van der Waals surface area (Å²) in [7, 11) is 0. The van der Waals surface area contributed by atoms with Gasteiger partial charge in [-0.15, -0.1) is 0 Å². The SMILES string of the molecule is C.C.C.C.C.C.C1=CCC=C1.C1=CCN=C1.C1=CN=CC1.C1=Cc2ccccc2C1.C1=NCc2ccccc21.CC.CC.CC.CC.CC.CC.CC.CC.CC.CC.CC.CC.CC.CC.c1ccc2c(c1)CN=N2.c1ccc2cnccc2c1.c1ccc2ncccc2c1.c1ccc2nccnc2c1.c1ccncc1.c1ccnnc1.c1cn[nH]n1.c1cnccn1.c1cncnc1. The largest absolute Gasteiger partial charge is 0.289 e. The molecule has 2 aliphatic carbocycles. The van der Waals surface area contributed by atoms with Crippen LogP contribution in [0.15, 0.2) is 392 Å². The first-order valence-electron chi connectivity index (χ1n) is 46.2. The molecule has 0 radical (unpaired) electrons. The molecule has 135 heavy (non-hydrogen) atoms. The molecular weight excluding hydrogens is 1660 g/mol. The fourth-order valence-electron chi connectivity index (χ4n) is 8.37. The van der Waals surface area contributed by atoms with Crippen molar-refractivity contribution in [2.75, 3.05) is 6.54 Å². The molecule has 6 aromatic carbocycles. The van der Waals surface area contributed by atoms with Crippen molar-refractivity contribution in [1.29, 1.82) is 0 Å². The number of nitrogens with one attached hydrogen (secondary N) is 1. The topological polar surface area (TPSA) is 245 Å². The molecule has 8 aromatic heterocycles. The van der Waals surface area contributed by atoms with Gasteiger partial charge in [0.25, 0.3) is 0 Å². The van der Waals surface area contributed by atoms with Crippen molar-refractivity contribution in [3.8, 4) is 0 Å². The second kappa shape index (κ2) is 138. The quantitative estimate of drug-likeness (QED) is 0.149. The monoisotopic (exact) mass is 1840 g/mol. The highest BCUT2D eigenvalue weighted by Gasteiger charge is 2.04. The Hall–Kier alpha value is -13.7. The van der Waals surface area contributed by atoms with E-state index < -0.39 is 0 Å². The average molecular weight is 1850 g/mol. The fraction of sp³-hybridized carbons (Fsp3) is 0.345. The number of pyridine rings is 3. The van der Waals surface area contributed by atoms with Gasteiger partial charge in [-0.25, -0.2) is 9.97 Å². The normalized spacial score (nSPS) is 9.27. The Balaban J connectivity index is -0.0000000955. The zero-order valence-corrected chi connectivity index (χ0v) is 83.7. The van der Waals surface area contributed by atoms with Crippen LogP contribution in [0.1, 0.15) is 279 Å². The molecule has 0 saturated carbocycles. The van der Waals surface area contributed by atoms with E-state index in [2.05, 4.69) is 199 Å². The van der Waals surface area contributed by atoms with Gasteiger partial charge in [0, 0.05) is 135 Å². The first-order valence-corrected chi connectivity index (χ1v) is 46.2. The summed E-state index contributed by atoms with van der Waals surface area (Å²) >= 11 is 0. The lowest BCUT2D eigenvalue weighted by Gasteiger charge is -1.93. The molecule has 0 amide bonds. The highest BCUT2D eigenvalue weighted by Crippen LogP contribution is 2.25.